The number of ether oxygens (including phenoxy) is 2. The summed E-state index contributed by atoms with van der Waals surface area (Å²) >= 11 is 0. The van der Waals surface area contributed by atoms with Crippen LogP contribution in [0.1, 0.15) is 6.42 Å². The monoisotopic (exact) mass is 222 g/mol. The lowest BCUT2D eigenvalue weighted by atomic mass is 10.1. The Morgan fingerprint density at radius 3 is 3.12 bits per heavy atom. The smallest absolute Gasteiger partial charge is 0.143 e. The molecule has 1 aliphatic rings. The van der Waals surface area contributed by atoms with Crippen molar-refractivity contribution in [3.63, 3.8) is 0 Å². The lowest BCUT2D eigenvalue weighted by Crippen LogP contribution is -2.15. The Kier molecular flexibility index (Phi) is 3.51. The highest BCUT2D eigenvalue weighted by Gasteiger charge is 2.15. The third kappa shape index (κ3) is 2.39. The predicted molar refractivity (Wildman–Crippen MR) is 64.8 cm³/mol. The molecular formula is C12H18N2O2. The van der Waals surface area contributed by atoms with E-state index in [1.54, 1.807) is 7.11 Å². The molecule has 1 heterocycles. The van der Waals surface area contributed by atoms with Crippen LogP contribution in [0.3, 0.4) is 0 Å². The van der Waals surface area contributed by atoms with Crippen LogP contribution in [-0.2, 0) is 4.74 Å². The van der Waals surface area contributed by atoms with Crippen molar-refractivity contribution in [3.8, 4) is 5.75 Å². The van der Waals surface area contributed by atoms with Crippen LogP contribution in [0.4, 0.5) is 11.4 Å². The first-order valence-electron chi connectivity index (χ1n) is 5.55. The van der Waals surface area contributed by atoms with Crippen LogP contribution in [0.25, 0.3) is 0 Å². The molecule has 0 aromatic heterocycles. The molecule has 1 aliphatic heterocycles. The first-order chi connectivity index (χ1) is 7.81. The Hall–Kier alpha value is -1.42. The maximum Gasteiger partial charge on any atom is 0.143 e. The lowest BCUT2D eigenvalue weighted by Gasteiger charge is -2.14. The van der Waals surface area contributed by atoms with Gasteiger partial charge in [-0.25, -0.2) is 0 Å². The maximum atomic E-state index is 5.96. The molecule has 0 spiro atoms. The highest BCUT2D eigenvalue weighted by Crippen LogP contribution is 2.29. The Labute approximate surface area is 95.7 Å². The summed E-state index contributed by atoms with van der Waals surface area (Å²) in [5, 5.41) is 3.34. The first-order valence-corrected chi connectivity index (χ1v) is 5.55. The van der Waals surface area contributed by atoms with E-state index in [0.29, 0.717) is 17.4 Å². The molecular weight excluding hydrogens is 204 g/mol. The number of nitrogens with one attached hydrogen (secondary N) is 1. The van der Waals surface area contributed by atoms with Gasteiger partial charge in [0.1, 0.15) is 5.75 Å². The quantitative estimate of drug-likeness (QED) is 0.762. The Morgan fingerprint density at radius 1 is 1.56 bits per heavy atom. The summed E-state index contributed by atoms with van der Waals surface area (Å²) in [6, 6.07) is 5.76. The summed E-state index contributed by atoms with van der Waals surface area (Å²) in [5.74, 6) is 1.30. The van der Waals surface area contributed by atoms with E-state index >= 15 is 0 Å². The molecule has 3 N–H and O–H groups in total. The summed E-state index contributed by atoms with van der Waals surface area (Å²) in [5.41, 5.74) is 7.57. The van der Waals surface area contributed by atoms with Crippen LogP contribution in [0.15, 0.2) is 18.2 Å². The average molecular weight is 222 g/mol. The predicted octanol–water partition coefficient (Wildman–Crippen LogP) is 1.73. The zero-order chi connectivity index (χ0) is 11.4. The van der Waals surface area contributed by atoms with Gasteiger partial charge in [-0.15, -0.1) is 0 Å². The SMILES string of the molecule is COc1cccc(NCC2CCOC2)c1N. The van der Waals surface area contributed by atoms with Crippen molar-refractivity contribution in [1.29, 1.82) is 0 Å². The van der Waals surface area contributed by atoms with Crippen LogP contribution in [0.5, 0.6) is 5.75 Å². The van der Waals surface area contributed by atoms with Crippen molar-refractivity contribution in [2.45, 2.75) is 6.42 Å². The Bertz CT molecular complexity index is 349. The van der Waals surface area contributed by atoms with Crippen LogP contribution in [0, 0.1) is 5.92 Å². The van der Waals surface area contributed by atoms with Crippen molar-refractivity contribution in [2.24, 2.45) is 5.92 Å². The minimum atomic E-state index is 0.589. The average Bonchev–Trinajstić information content (AvgIpc) is 2.81. The van der Waals surface area contributed by atoms with E-state index in [-0.39, 0.29) is 0 Å². The van der Waals surface area contributed by atoms with Gasteiger partial charge in [-0.3, -0.25) is 0 Å². The van der Waals surface area contributed by atoms with E-state index in [4.69, 9.17) is 15.2 Å². The van der Waals surface area contributed by atoms with Gasteiger partial charge in [0, 0.05) is 19.1 Å². The van der Waals surface area contributed by atoms with E-state index < -0.39 is 0 Å². The highest BCUT2D eigenvalue weighted by atomic mass is 16.5. The molecule has 0 bridgehead atoms. The molecule has 1 saturated heterocycles. The van der Waals surface area contributed by atoms with Gasteiger partial charge in [0.2, 0.25) is 0 Å². The van der Waals surface area contributed by atoms with Gasteiger partial charge < -0.3 is 20.5 Å². The second-order valence-electron chi connectivity index (χ2n) is 4.03. The summed E-state index contributed by atoms with van der Waals surface area (Å²) in [4.78, 5) is 0. The topological polar surface area (TPSA) is 56.5 Å². The number of nitrogens with two attached hydrogens (primary N) is 1. The molecule has 0 aliphatic carbocycles. The van der Waals surface area contributed by atoms with E-state index in [2.05, 4.69) is 5.32 Å². The van der Waals surface area contributed by atoms with Gasteiger partial charge in [-0.05, 0) is 18.6 Å². The van der Waals surface area contributed by atoms with Gasteiger partial charge in [-0.1, -0.05) is 6.07 Å². The summed E-state index contributed by atoms with van der Waals surface area (Å²) in [7, 11) is 1.63. The zero-order valence-corrected chi connectivity index (χ0v) is 9.53. The standard InChI is InChI=1S/C12H18N2O2/c1-15-11-4-2-3-10(12(11)13)14-7-9-5-6-16-8-9/h2-4,9,14H,5-8,13H2,1H3. The fourth-order valence-corrected chi connectivity index (χ4v) is 1.87. The van der Waals surface area contributed by atoms with Gasteiger partial charge in [0.05, 0.1) is 25.1 Å². The number of methoxy groups -OCH3 is 1. The lowest BCUT2D eigenvalue weighted by molar-refractivity contribution is 0.187. The molecule has 1 atom stereocenters. The summed E-state index contributed by atoms with van der Waals surface area (Å²) < 4.78 is 10.5. The third-order valence-electron chi connectivity index (χ3n) is 2.89. The second kappa shape index (κ2) is 5.07. The third-order valence-corrected chi connectivity index (χ3v) is 2.89. The van der Waals surface area contributed by atoms with E-state index in [1.807, 2.05) is 18.2 Å². The van der Waals surface area contributed by atoms with Crippen LogP contribution in [0.2, 0.25) is 0 Å². The number of hydrogen-bond donors (Lipinski definition) is 2. The normalized spacial score (nSPS) is 19.7. The van der Waals surface area contributed by atoms with Crippen LogP contribution in [-0.4, -0.2) is 26.9 Å². The Balaban J connectivity index is 1.97. The molecule has 0 amide bonds. The molecule has 1 unspecified atom stereocenters. The molecule has 4 nitrogen and oxygen atoms in total. The number of anilines is 2. The largest absolute Gasteiger partial charge is 0.495 e. The molecule has 1 aromatic rings. The maximum absolute atomic E-state index is 5.96. The highest BCUT2D eigenvalue weighted by molar-refractivity contribution is 5.72. The van der Waals surface area contributed by atoms with E-state index in [9.17, 15) is 0 Å². The zero-order valence-electron chi connectivity index (χ0n) is 9.53. The van der Waals surface area contributed by atoms with E-state index in [0.717, 1.165) is 31.9 Å². The fourth-order valence-electron chi connectivity index (χ4n) is 1.87. The van der Waals surface area contributed by atoms with Gasteiger partial charge in [-0.2, -0.15) is 0 Å². The molecule has 16 heavy (non-hydrogen) atoms. The van der Waals surface area contributed by atoms with Crippen molar-refractivity contribution in [3.05, 3.63) is 18.2 Å². The molecule has 2 rings (SSSR count). The molecule has 0 radical (unpaired) electrons. The van der Waals surface area contributed by atoms with Crippen molar-refractivity contribution in [2.75, 3.05) is 37.9 Å². The Morgan fingerprint density at radius 2 is 2.44 bits per heavy atom. The van der Waals surface area contributed by atoms with Crippen molar-refractivity contribution < 1.29 is 9.47 Å². The second-order valence-corrected chi connectivity index (χ2v) is 4.03. The summed E-state index contributed by atoms with van der Waals surface area (Å²) in [6.45, 7) is 2.62. The minimum absolute atomic E-state index is 0.589. The summed E-state index contributed by atoms with van der Waals surface area (Å²) in [6.07, 6.45) is 1.12. The molecule has 1 fully saturated rings. The molecule has 0 saturated carbocycles. The molecule has 88 valence electrons. The number of rotatable bonds is 4. The minimum Gasteiger partial charge on any atom is -0.495 e. The number of nitrogen functional groups attached to an aromatic ring is 1. The number of benzene rings is 1. The number of para-hydroxylation sites is 1. The van der Waals surface area contributed by atoms with Gasteiger partial charge in [0.25, 0.3) is 0 Å². The first kappa shape index (κ1) is 11.1. The van der Waals surface area contributed by atoms with Crippen LogP contribution >= 0.6 is 0 Å². The van der Waals surface area contributed by atoms with Gasteiger partial charge in [0.15, 0.2) is 0 Å². The molecule has 1 aromatic carbocycles. The van der Waals surface area contributed by atoms with Gasteiger partial charge >= 0.3 is 0 Å². The fraction of sp³-hybridized carbons (Fsp3) is 0.500. The van der Waals surface area contributed by atoms with E-state index in [1.165, 1.54) is 0 Å². The van der Waals surface area contributed by atoms with Crippen molar-refractivity contribution in [1.82, 2.24) is 0 Å². The van der Waals surface area contributed by atoms with Crippen LogP contribution < -0.4 is 15.8 Å². The van der Waals surface area contributed by atoms with Crippen molar-refractivity contribution >= 4 is 11.4 Å². The number of hydrogen-bond acceptors (Lipinski definition) is 4. The molecule has 4 heteroatoms.